The van der Waals surface area contributed by atoms with Crippen LogP contribution in [-0.4, -0.2) is 66.7 Å². The number of nitrogens with one attached hydrogen (secondary N) is 1. The number of amides is 1. The predicted octanol–water partition coefficient (Wildman–Crippen LogP) is 1.76. The van der Waals surface area contributed by atoms with Gasteiger partial charge in [-0.15, -0.1) is 0 Å². The Morgan fingerprint density at radius 1 is 1.19 bits per heavy atom. The van der Waals surface area contributed by atoms with Gasteiger partial charge in [-0.25, -0.2) is 0 Å². The largest absolute Gasteiger partial charge is 0.395 e. The Hall–Kier alpha value is -0.470. The van der Waals surface area contributed by atoms with Gasteiger partial charge in [0.2, 0.25) is 5.91 Å². The highest BCUT2D eigenvalue weighted by Gasteiger charge is 2.18. The summed E-state index contributed by atoms with van der Waals surface area (Å²) in [6, 6.07) is 5.67. The van der Waals surface area contributed by atoms with Crippen LogP contribution in [0.5, 0.6) is 0 Å². The molecule has 0 atom stereocenters. The topological polar surface area (TPSA) is 55.8 Å². The van der Waals surface area contributed by atoms with E-state index < -0.39 is 0 Å². The molecule has 2 N–H and O–H groups in total. The minimum Gasteiger partial charge on any atom is -0.395 e. The summed E-state index contributed by atoms with van der Waals surface area (Å²) in [5.41, 5.74) is 0.780. The number of β-amino-alcohol motifs (C(OH)–C–C–N with tert-alkyl or cyclic N) is 1. The van der Waals surface area contributed by atoms with Crippen LogP contribution in [0.3, 0.4) is 0 Å². The van der Waals surface area contributed by atoms with E-state index in [1.807, 2.05) is 18.2 Å². The van der Waals surface area contributed by atoms with Crippen LogP contribution in [0.25, 0.3) is 0 Å². The molecule has 21 heavy (non-hydrogen) atoms. The van der Waals surface area contributed by atoms with Gasteiger partial charge in [-0.2, -0.15) is 0 Å². The van der Waals surface area contributed by atoms with E-state index in [1.54, 1.807) is 0 Å². The molecule has 1 aliphatic rings. The normalized spacial score (nSPS) is 16.9. The van der Waals surface area contributed by atoms with E-state index in [2.05, 4.69) is 47.0 Å². The Labute approximate surface area is 141 Å². The number of halogens is 2. The van der Waals surface area contributed by atoms with E-state index in [4.69, 9.17) is 5.11 Å². The van der Waals surface area contributed by atoms with Crippen molar-refractivity contribution < 1.29 is 9.90 Å². The molecule has 1 aliphatic heterocycles. The van der Waals surface area contributed by atoms with Crippen LogP contribution in [0.4, 0.5) is 5.69 Å². The predicted molar refractivity (Wildman–Crippen MR) is 90.4 cm³/mol. The molecule has 0 aliphatic carbocycles. The van der Waals surface area contributed by atoms with E-state index in [0.29, 0.717) is 13.1 Å². The summed E-state index contributed by atoms with van der Waals surface area (Å²) < 4.78 is 1.82. The maximum atomic E-state index is 12.1. The van der Waals surface area contributed by atoms with Crippen LogP contribution in [-0.2, 0) is 4.79 Å². The van der Waals surface area contributed by atoms with Gasteiger partial charge in [-0.1, -0.05) is 15.9 Å². The lowest BCUT2D eigenvalue weighted by molar-refractivity contribution is -0.117. The lowest BCUT2D eigenvalue weighted by Gasteiger charge is -2.33. The number of aliphatic hydroxyl groups excluding tert-OH is 1. The van der Waals surface area contributed by atoms with Gasteiger partial charge in [-0.05, 0) is 34.1 Å². The standard InChI is InChI=1S/C14H19Br2N3O2/c15-11-1-2-13(12(16)9-11)17-14(21)10-19-5-3-18(4-6-19)7-8-20/h1-2,9,20H,3-8,10H2,(H,17,21). The molecule has 7 heteroatoms. The Morgan fingerprint density at radius 2 is 1.86 bits per heavy atom. The summed E-state index contributed by atoms with van der Waals surface area (Å²) in [4.78, 5) is 16.4. The van der Waals surface area contributed by atoms with Crippen molar-refractivity contribution in [3.63, 3.8) is 0 Å². The molecule has 1 amide bonds. The summed E-state index contributed by atoms with van der Waals surface area (Å²) in [5, 5.41) is 11.8. The third-order valence-electron chi connectivity index (χ3n) is 3.45. The van der Waals surface area contributed by atoms with Gasteiger partial charge in [0.1, 0.15) is 0 Å². The fourth-order valence-corrected chi connectivity index (χ4v) is 3.44. The molecule has 0 unspecified atom stereocenters. The minimum absolute atomic E-state index is 0.00590. The molecule has 116 valence electrons. The highest BCUT2D eigenvalue weighted by molar-refractivity contribution is 9.11. The maximum absolute atomic E-state index is 12.1. The molecule has 1 aromatic carbocycles. The molecule has 5 nitrogen and oxygen atoms in total. The van der Waals surface area contributed by atoms with E-state index >= 15 is 0 Å². The van der Waals surface area contributed by atoms with E-state index in [1.165, 1.54) is 0 Å². The summed E-state index contributed by atoms with van der Waals surface area (Å²) >= 11 is 6.82. The monoisotopic (exact) mass is 419 g/mol. The lowest BCUT2D eigenvalue weighted by atomic mass is 10.3. The number of hydrogen-bond acceptors (Lipinski definition) is 4. The molecule has 1 saturated heterocycles. The molecule has 0 radical (unpaired) electrons. The first-order chi connectivity index (χ1) is 10.1. The average Bonchev–Trinajstić information content (AvgIpc) is 2.44. The molecule has 1 fully saturated rings. The molecular formula is C14H19Br2N3O2. The van der Waals surface area contributed by atoms with Gasteiger partial charge >= 0.3 is 0 Å². The first-order valence-electron chi connectivity index (χ1n) is 6.89. The second-order valence-corrected chi connectivity index (χ2v) is 6.78. The highest BCUT2D eigenvalue weighted by Crippen LogP contribution is 2.26. The summed E-state index contributed by atoms with van der Waals surface area (Å²) in [5.74, 6) is -0.00590. The number of carbonyl (C=O) groups is 1. The third kappa shape index (κ3) is 5.34. The molecule has 0 spiro atoms. The number of nitrogens with zero attached hydrogens (tertiary/aromatic N) is 2. The van der Waals surface area contributed by atoms with Crippen LogP contribution >= 0.6 is 31.9 Å². The third-order valence-corrected chi connectivity index (χ3v) is 4.60. The van der Waals surface area contributed by atoms with Crippen molar-refractivity contribution in [1.29, 1.82) is 0 Å². The van der Waals surface area contributed by atoms with Crippen molar-refractivity contribution in [2.24, 2.45) is 0 Å². The molecule has 1 heterocycles. The Morgan fingerprint density at radius 3 is 2.48 bits per heavy atom. The van der Waals surface area contributed by atoms with Crippen molar-refractivity contribution in [3.05, 3.63) is 27.1 Å². The van der Waals surface area contributed by atoms with Crippen molar-refractivity contribution in [2.45, 2.75) is 0 Å². The number of anilines is 1. The zero-order valence-corrected chi connectivity index (χ0v) is 14.9. The number of carbonyl (C=O) groups excluding carboxylic acids is 1. The summed E-state index contributed by atoms with van der Waals surface area (Å²) in [6.07, 6.45) is 0. The van der Waals surface area contributed by atoms with Crippen LogP contribution in [0.2, 0.25) is 0 Å². The maximum Gasteiger partial charge on any atom is 0.238 e. The minimum atomic E-state index is -0.00590. The van der Waals surface area contributed by atoms with Crippen LogP contribution in [0.15, 0.2) is 27.1 Å². The number of rotatable bonds is 5. The second-order valence-electron chi connectivity index (χ2n) is 5.01. The zero-order chi connectivity index (χ0) is 15.2. The SMILES string of the molecule is O=C(CN1CCN(CCO)CC1)Nc1ccc(Br)cc1Br. The van der Waals surface area contributed by atoms with Gasteiger partial charge in [0.25, 0.3) is 0 Å². The van der Waals surface area contributed by atoms with Gasteiger partial charge in [0.05, 0.1) is 18.8 Å². The molecule has 0 bridgehead atoms. The Balaban J connectivity index is 1.80. The van der Waals surface area contributed by atoms with E-state index in [9.17, 15) is 4.79 Å². The second kappa shape index (κ2) is 8.24. The first-order valence-corrected chi connectivity index (χ1v) is 8.47. The van der Waals surface area contributed by atoms with Crippen LogP contribution in [0.1, 0.15) is 0 Å². The molecule has 1 aromatic rings. The van der Waals surface area contributed by atoms with Crippen molar-refractivity contribution >= 4 is 43.5 Å². The number of hydrogen-bond donors (Lipinski definition) is 2. The van der Waals surface area contributed by atoms with Gasteiger partial charge in [0.15, 0.2) is 0 Å². The van der Waals surface area contributed by atoms with Crippen molar-refractivity contribution in [3.8, 4) is 0 Å². The Bertz CT molecular complexity index is 491. The first kappa shape index (κ1) is 16.9. The molecule has 0 aromatic heterocycles. The number of aliphatic hydroxyl groups is 1. The summed E-state index contributed by atoms with van der Waals surface area (Å²) in [6.45, 7) is 4.81. The molecule has 2 rings (SSSR count). The van der Waals surface area contributed by atoms with Crippen LogP contribution in [0, 0.1) is 0 Å². The van der Waals surface area contributed by atoms with Gasteiger partial charge in [-0.3, -0.25) is 14.6 Å². The lowest BCUT2D eigenvalue weighted by Crippen LogP contribution is -2.49. The fraction of sp³-hybridized carbons (Fsp3) is 0.500. The zero-order valence-electron chi connectivity index (χ0n) is 11.7. The van der Waals surface area contributed by atoms with Crippen LogP contribution < -0.4 is 5.32 Å². The van der Waals surface area contributed by atoms with Gasteiger partial charge in [0, 0.05) is 41.7 Å². The van der Waals surface area contributed by atoms with E-state index in [0.717, 1.165) is 40.8 Å². The highest BCUT2D eigenvalue weighted by atomic mass is 79.9. The van der Waals surface area contributed by atoms with Gasteiger partial charge < -0.3 is 10.4 Å². The molecule has 0 saturated carbocycles. The molecular weight excluding hydrogens is 402 g/mol. The average molecular weight is 421 g/mol. The van der Waals surface area contributed by atoms with Crippen molar-refractivity contribution in [1.82, 2.24) is 9.80 Å². The van der Waals surface area contributed by atoms with E-state index in [-0.39, 0.29) is 12.5 Å². The smallest absolute Gasteiger partial charge is 0.238 e. The van der Waals surface area contributed by atoms with Crippen molar-refractivity contribution in [2.75, 3.05) is 51.2 Å². The number of benzene rings is 1. The quantitative estimate of drug-likeness (QED) is 0.762. The Kier molecular flexibility index (Phi) is 6.63. The summed E-state index contributed by atoms with van der Waals surface area (Å²) in [7, 11) is 0. The fourth-order valence-electron chi connectivity index (χ4n) is 2.30. The number of piperazine rings is 1.